The topological polar surface area (TPSA) is 3.24 Å². The summed E-state index contributed by atoms with van der Waals surface area (Å²) in [6, 6.07) is 0. The Kier molecular flexibility index (Phi) is 3.23. The van der Waals surface area contributed by atoms with Crippen LogP contribution in [0.4, 0.5) is 0 Å². The molecule has 0 spiro atoms. The third-order valence-electron chi connectivity index (χ3n) is 4.32. The molecular weight excluding hydrogens is 238 g/mol. The van der Waals surface area contributed by atoms with Crippen molar-refractivity contribution in [2.24, 2.45) is 17.3 Å². The molecule has 1 saturated heterocycles. The van der Waals surface area contributed by atoms with Gasteiger partial charge in [0, 0.05) is 25.0 Å². The van der Waals surface area contributed by atoms with Gasteiger partial charge in [0.1, 0.15) is 0 Å². The Morgan fingerprint density at radius 2 is 1.79 bits per heavy atom. The Labute approximate surface area is 96.4 Å². The van der Waals surface area contributed by atoms with Crippen molar-refractivity contribution in [2.75, 3.05) is 25.0 Å². The maximum absolute atomic E-state index is 3.69. The molecule has 2 unspecified atom stereocenters. The van der Waals surface area contributed by atoms with Crippen LogP contribution < -0.4 is 0 Å². The second kappa shape index (κ2) is 4.13. The Hall–Kier alpha value is 0.440. The summed E-state index contributed by atoms with van der Waals surface area (Å²) in [5.74, 6) is 1.81. The third kappa shape index (κ3) is 2.01. The molecule has 0 amide bonds. The van der Waals surface area contributed by atoms with Crippen LogP contribution in [0.15, 0.2) is 0 Å². The SMILES string of the molecule is CC1CN(CC2(CBr)CCC2)CC1C. The van der Waals surface area contributed by atoms with Gasteiger partial charge in [-0.25, -0.2) is 0 Å². The molecule has 2 aliphatic rings. The zero-order chi connectivity index (χ0) is 10.2. The first kappa shape index (κ1) is 10.9. The van der Waals surface area contributed by atoms with E-state index in [4.69, 9.17) is 0 Å². The van der Waals surface area contributed by atoms with Crippen molar-refractivity contribution in [2.45, 2.75) is 33.1 Å². The smallest absolute Gasteiger partial charge is 0.0100 e. The molecule has 0 bridgehead atoms. The van der Waals surface area contributed by atoms with Crippen molar-refractivity contribution >= 4 is 15.9 Å². The minimum Gasteiger partial charge on any atom is -0.302 e. The van der Waals surface area contributed by atoms with E-state index in [9.17, 15) is 0 Å². The molecule has 1 nitrogen and oxygen atoms in total. The fourth-order valence-corrected chi connectivity index (χ4v) is 3.60. The number of alkyl halides is 1. The van der Waals surface area contributed by atoms with Gasteiger partial charge in [-0.1, -0.05) is 36.2 Å². The predicted octanol–water partition coefficient (Wildman–Crippen LogP) is 3.14. The van der Waals surface area contributed by atoms with Gasteiger partial charge in [0.2, 0.25) is 0 Å². The quantitative estimate of drug-likeness (QED) is 0.705. The standard InChI is InChI=1S/C12H22BrN/c1-10-6-14(7-11(10)2)9-12(8-13)4-3-5-12/h10-11H,3-9H2,1-2H3. The van der Waals surface area contributed by atoms with E-state index in [2.05, 4.69) is 34.7 Å². The summed E-state index contributed by atoms with van der Waals surface area (Å²) in [5, 5.41) is 1.21. The summed E-state index contributed by atoms with van der Waals surface area (Å²) in [6.07, 6.45) is 4.33. The highest BCUT2D eigenvalue weighted by Gasteiger charge is 2.39. The fourth-order valence-electron chi connectivity index (χ4n) is 2.86. The van der Waals surface area contributed by atoms with E-state index in [1.165, 1.54) is 44.2 Å². The van der Waals surface area contributed by atoms with Crippen LogP contribution in [0.1, 0.15) is 33.1 Å². The molecule has 2 heteroatoms. The van der Waals surface area contributed by atoms with Gasteiger partial charge in [-0.3, -0.25) is 0 Å². The third-order valence-corrected chi connectivity index (χ3v) is 5.51. The van der Waals surface area contributed by atoms with Gasteiger partial charge < -0.3 is 4.90 Å². The number of hydrogen-bond acceptors (Lipinski definition) is 1. The second-order valence-electron chi connectivity index (χ2n) is 5.64. The first-order valence-electron chi connectivity index (χ1n) is 5.93. The molecule has 82 valence electrons. The summed E-state index contributed by atoms with van der Waals surface area (Å²) in [4.78, 5) is 2.69. The maximum Gasteiger partial charge on any atom is 0.0100 e. The van der Waals surface area contributed by atoms with Crippen LogP contribution in [-0.4, -0.2) is 29.9 Å². The van der Waals surface area contributed by atoms with Gasteiger partial charge in [-0.05, 0) is 30.1 Å². The van der Waals surface area contributed by atoms with E-state index in [1.54, 1.807) is 0 Å². The van der Waals surface area contributed by atoms with E-state index in [1.807, 2.05) is 0 Å². The number of nitrogens with zero attached hydrogens (tertiary/aromatic N) is 1. The van der Waals surface area contributed by atoms with Gasteiger partial charge in [-0.15, -0.1) is 0 Å². The van der Waals surface area contributed by atoms with Crippen molar-refractivity contribution in [1.82, 2.24) is 4.90 Å². The Morgan fingerprint density at radius 3 is 2.14 bits per heavy atom. The van der Waals surface area contributed by atoms with E-state index in [0.717, 1.165) is 11.8 Å². The minimum atomic E-state index is 0.643. The molecule has 2 rings (SSSR count). The van der Waals surface area contributed by atoms with Gasteiger partial charge in [-0.2, -0.15) is 0 Å². The van der Waals surface area contributed by atoms with Crippen molar-refractivity contribution in [3.8, 4) is 0 Å². The van der Waals surface area contributed by atoms with Gasteiger partial charge >= 0.3 is 0 Å². The van der Waals surface area contributed by atoms with E-state index in [-0.39, 0.29) is 0 Å². The summed E-state index contributed by atoms with van der Waals surface area (Å²) < 4.78 is 0. The lowest BCUT2D eigenvalue weighted by atomic mass is 9.70. The molecule has 1 heterocycles. The molecule has 0 aromatic rings. The maximum atomic E-state index is 3.69. The zero-order valence-electron chi connectivity index (χ0n) is 9.43. The van der Waals surface area contributed by atoms with Gasteiger partial charge in [0.05, 0.1) is 0 Å². The van der Waals surface area contributed by atoms with Crippen LogP contribution >= 0.6 is 15.9 Å². The predicted molar refractivity (Wildman–Crippen MR) is 64.8 cm³/mol. The molecule has 0 aromatic heterocycles. The molecule has 1 saturated carbocycles. The minimum absolute atomic E-state index is 0.643. The Balaban J connectivity index is 1.86. The second-order valence-corrected chi connectivity index (χ2v) is 6.20. The summed E-state index contributed by atoms with van der Waals surface area (Å²) in [5.41, 5.74) is 0.643. The van der Waals surface area contributed by atoms with Crippen molar-refractivity contribution in [3.63, 3.8) is 0 Å². The van der Waals surface area contributed by atoms with Gasteiger partial charge in [0.15, 0.2) is 0 Å². The van der Waals surface area contributed by atoms with Crippen LogP contribution in [0.3, 0.4) is 0 Å². The molecule has 2 atom stereocenters. The molecule has 14 heavy (non-hydrogen) atoms. The Bertz CT molecular complexity index is 185. The normalized spacial score (nSPS) is 37.1. The molecule has 1 aliphatic heterocycles. The molecule has 2 fully saturated rings. The molecular formula is C12H22BrN. The van der Waals surface area contributed by atoms with Crippen LogP contribution in [-0.2, 0) is 0 Å². The lowest BCUT2D eigenvalue weighted by Gasteiger charge is -2.43. The lowest BCUT2D eigenvalue weighted by molar-refractivity contribution is 0.102. The largest absolute Gasteiger partial charge is 0.302 e. The highest BCUT2D eigenvalue weighted by Crippen LogP contribution is 2.43. The Morgan fingerprint density at radius 1 is 1.21 bits per heavy atom. The van der Waals surface area contributed by atoms with Crippen molar-refractivity contribution in [3.05, 3.63) is 0 Å². The number of hydrogen-bond donors (Lipinski definition) is 0. The highest BCUT2D eigenvalue weighted by molar-refractivity contribution is 9.09. The number of rotatable bonds is 3. The van der Waals surface area contributed by atoms with E-state index >= 15 is 0 Å². The highest BCUT2D eigenvalue weighted by atomic mass is 79.9. The van der Waals surface area contributed by atoms with Crippen molar-refractivity contribution in [1.29, 1.82) is 0 Å². The molecule has 0 radical (unpaired) electrons. The fraction of sp³-hybridized carbons (Fsp3) is 1.00. The van der Waals surface area contributed by atoms with Gasteiger partial charge in [0.25, 0.3) is 0 Å². The van der Waals surface area contributed by atoms with Crippen LogP contribution in [0.2, 0.25) is 0 Å². The summed E-state index contributed by atoms with van der Waals surface area (Å²) in [6.45, 7) is 8.79. The van der Waals surface area contributed by atoms with Crippen LogP contribution in [0.25, 0.3) is 0 Å². The van der Waals surface area contributed by atoms with E-state index in [0.29, 0.717) is 5.41 Å². The summed E-state index contributed by atoms with van der Waals surface area (Å²) in [7, 11) is 0. The first-order valence-corrected chi connectivity index (χ1v) is 7.06. The van der Waals surface area contributed by atoms with Crippen LogP contribution in [0.5, 0.6) is 0 Å². The molecule has 1 aliphatic carbocycles. The molecule has 0 N–H and O–H groups in total. The first-order chi connectivity index (χ1) is 6.65. The monoisotopic (exact) mass is 259 g/mol. The van der Waals surface area contributed by atoms with Crippen LogP contribution in [0, 0.1) is 17.3 Å². The van der Waals surface area contributed by atoms with E-state index < -0.39 is 0 Å². The average molecular weight is 260 g/mol. The number of halogens is 1. The molecule has 0 aromatic carbocycles. The summed E-state index contributed by atoms with van der Waals surface area (Å²) >= 11 is 3.69. The average Bonchev–Trinajstić information content (AvgIpc) is 2.39. The van der Waals surface area contributed by atoms with Crippen molar-refractivity contribution < 1.29 is 0 Å². The lowest BCUT2D eigenvalue weighted by Crippen LogP contribution is -2.42. The zero-order valence-corrected chi connectivity index (χ0v) is 11.0. The number of likely N-dealkylation sites (tertiary alicyclic amines) is 1.